The van der Waals surface area contributed by atoms with Gasteiger partial charge in [0.25, 0.3) is 0 Å². The summed E-state index contributed by atoms with van der Waals surface area (Å²) in [4.78, 5) is 19.5. The van der Waals surface area contributed by atoms with Gasteiger partial charge in [-0.15, -0.1) is 0 Å². The summed E-state index contributed by atoms with van der Waals surface area (Å²) in [6, 6.07) is 0. The molecule has 0 radical (unpaired) electrons. The molecule has 1 atom stereocenters. The molecule has 1 aliphatic heterocycles. The van der Waals surface area contributed by atoms with Crippen LogP contribution in [0.5, 0.6) is 5.88 Å². The number of carbonyl (C=O) groups is 1. The maximum atomic E-state index is 12.9. The smallest absolute Gasteiger partial charge is 0.340 e. The van der Waals surface area contributed by atoms with Crippen LogP contribution in [0.3, 0.4) is 0 Å². The van der Waals surface area contributed by atoms with Crippen LogP contribution < -0.4 is 9.64 Å². The molecule has 0 aromatic carbocycles. The molecule has 2 rings (SSSR count). The number of esters is 1. The Morgan fingerprint density at radius 3 is 2.38 bits per heavy atom. The fourth-order valence-corrected chi connectivity index (χ4v) is 4.30. The topological polar surface area (TPSA) is 60.9 Å². The Morgan fingerprint density at radius 1 is 1.31 bits per heavy atom. The highest BCUT2D eigenvalue weighted by Crippen LogP contribution is 2.46. The van der Waals surface area contributed by atoms with Crippen molar-refractivity contribution in [3.05, 3.63) is 15.2 Å². The largest absolute Gasteiger partial charge is 0.480 e. The zero-order valence-electron chi connectivity index (χ0n) is 18.4. The minimum absolute atomic E-state index is 0.173. The van der Waals surface area contributed by atoms with E-state index in [1.54, 1.807) is 14.0 Å². The van der Waals surface area contributed by atoms with Gasteiger partial charge in [-0.3, -0.25) is 0 Å². The molecule has 1 aromatic heterocycles. The van der Waals surface area contributed by atoms with E-state index in [1.165, 1.54) is 0 Å². The number of methoxy groups -OCH3 is 1. The van der Waals surface area contributed by atoms with Gasteiger partial charge in [-0.2, -0.15) is 0 Å². The molecule has 6 nitrogen and oxygen atoms in total. The van der Waals surface area contributed by atoms with E-state index in [9.17, 15) is 4.79 Å². The first-order chi connectivity index (χ1) is 13.4. The molecule has 8 heteroatoms. The summed E-state index contributed by atoms with van der Waals surface area (Å²) < 4.78 is 17.5. The number of carbonyl (C=O) groups excluding carboxylic acids is 1. The van der Waals surface area contributed by atoms with Crippen LogP contribution in [-0.4, -0.2) is 43.4 Å². The van der Waals surface area contributed by atoms with E-state index < -0.39 is 17.7 Å². The first kappa shape index (κ1) is 24.2. The molecular formula is C21H32BrClN2O4. The molecule has 0 unspecified atom stereocenters. The number of rotatable bonds is 6. The summed E-state index contributed by atoms with van der Waals surface area (Å²) in [5.41, 5.74) is 0.966. The summed E-state index contributed by atoms with van der Waals surface area (Å²) in [5, 5.41) is 0.173. The van der Waals surface area contributed by atoms with Crippen molar-refractivity contribution in [3.8, 4) is 5.88 Å². The molecule has 0 spiro atoms. The Morgan fingerprint density at radius 2 is 1.90 bits per heavy atom. The molecule has 0 bridgehead atoms. The van der Waals surface area contributed by atoms with Crippen molar-refractivity contribution in [1.82, 2.24) is 4.98 Å². The average Bonchev–Trinajstić information content (AvgIpc) is 2.61. The van der Waals surface area contributed by atoms with Crippen LogP contribution in [0.1, 0.15) is 66.1 Å². The number of aromatic nitrogens is 1. The molecular weight excluding hydrogens is 460 g/mol. The third-order valence-corrected chi connectivity index (χ3v) is 5.94. The van der Waals surface area contributed by atoms with Crippen molar-refractivity contribution >= 4 is 39.2 Å². The lowest BCUT2D eigenvalue weighted by molar-refractivity contribution is -0.166. The van der Waals surface area contributed by atoms with Gasteiger partial charge in [0.15, 0.2) is 6.10 Å². The third-order valence-electron chi connectivity index (χ3n) is 4.93. The van der Waals surface area contributed by atoms with Gasteiger partial charge < -0.3 is 19.1 Å². The second-order valence-corrected chi connectivity index (χ2v) is 10.2. The van der Waals surface area contributed by atoms with Crippen molar-refractivity contribution < 1.29 is 19.0 Å². The highest BCUT2D eigenvalue weighted by atomic mass is 79.9. The quantitative estimate of drug-likeness (QED) is 0.384. The van der Waals surface area contributed by atoms with Gasteiger partial charge in [0.05, 0.1) is 30.6 Å². The molecule has 2 heterocycles. The fraction of sp³-hybridized carbons (Fsp3) is 0.714. The maximum absolute atomic E-state index is 12.9. The number of halogens is 2. The Bertz CT molecular complexity index is 739. The van der Waals surface area contributed by atoms with E-state index in [2.05, 4.69) is 39.7 Å². The Hall–Kier alpha value is -1.05. The van der Waals surface area contributed by atoms with Crippen LogP contribution in [-0.2, 0) is 14.3 Å². The molecule has 29 heavy (non-hydrogen) atoms. The van der Waals surface area contributed by atoms with Crippen molar-refractivity contribution in [2.75, 3.05) is 31.7 Å². The van der Waals surface area contributed by atoms with Crippen LogP contribution in [0.4, 0.5) is 5.69 Å². The second-order valence-electron chi connectivity index (χ2n) is 9.00. The fourth-order valence-electron chi connectivity index (χ4n) is 3.32. The predicted octanol–water partition coefficient (Wildman–Crippen LogP) is 5.55. The predicted molar refractivity (Wildman–Crippen MR) is 119 cm³/mol. The summed E-state index contributed by atoms with van der Waals surface area (Å²) in [6.07, 6.45) is 1.04. The Labute approximate surface area is 187 Å². The van der Waals surface area contributed by atoms with Crippen LogP contribution in [0.2, 0.25) is 5.15 Å². The number of nitrogens with zero attached hydrogens (tertiary/aromatic N) is 2. The van der Waals surface area contributed by atoms with Gasteiger partial charge in [0.2, 0.25) is 5.88 Å². The molecule has 1 aromatic rings. The second kappa shape index (κ2) is 9.40. The molecule has 0 N–H and O–H groups in total. The van der Waals surface area contributed by atoms with E-state index in [0.717, 1.165) is 31.6 Å². The Kier molecular flexibility index (Phi) is 7.85. The standard InChI is InChI=1S/C21H32BrClN2O4/c1-8-28-19(26)16(29-20(2,3)4)13-15(14(22)18(27-7)24-17(13)23)25-11-9-21(5,6)10-12-25/h16H,8-12H2,1-7H3/t16-/m0/s1. The summed E-state index contributed by atoms with van der Waals surface area (Å²) in [5.74, 6) is -0.112. The summed E-state index contributed by atoms with van der Waals surface area (Å²) in [6.45, 7) is 13.9. The monoisotopic (exact) mass is 490 g/mol. The molecule has 0 aliphatic carbocycles. The summed E-state index contributed by atoms with van der Waals surface area (Å²) >= 11 is 10.2. The molecule has 1 aliphatic rings. The van der Waals surface area contributed by atoms with Gasteiger partial charge in [0.1, 0.15) is 9.63 Å². The van der Waals surface area contributed by atoms with Crippen LogP contribution in [0.15, 0.2) is 4.47 Å². The van der Waals surface area contributed by atoms with E-state index in [1.807, 2.05) is 20.8 Å². The number of anilines is 1. The first-order valence-corrected chi connectivity index (χ1v) is 11.1. The van der Waals surface area contributed by atoms with Gasteiger partial charge >= 0.3 is 5.97 Å². The molecule has 0 saturated carbocycles. The number of pyridine rings is 1. The van der Waals surface area contributed by atoms with Crippen LogP contribution >= 0.6 is 27.5 Å². The minimum atomic E-state index is -0.998. The average molecular weight is 492 g/mol. The third kappa shape index (κ3) is 5.98. The SMILES string of the molecule is CCOC(=O)[C@@H](OC(C)(C)C)c1c(Cl)nc(OC)c(Br)c1N1CCC(C)(C)CC1. The van der Waals surface area contributed by atoms with Crippen molar-refractivity contribution in [1.29, 1.82) is 0 Å². The molecule has 0 amide bonds. The van der Waals surface area contributed by atoms with Gasteiger partial charge in [-0.05, 0) is 61.9 Å². The molecule has 164 valence electrons. The number of ether oxygens (including phenoxy) is 3. The van der Waals surface area contributed by atoms with Crippen LogP contribution in [0.25, 0.3) is 0 Å². The summed E-state index contributed by atoms with van der Waals surface area (Å²) in [7, 11) is 1.54. The van der Waals surface area contributed by atoms with E-state index in [-0.39, 0.29) is 17.2 Å². The number of hydrogen-bond acceptors (Lipinski definition) is 6. The van der Waals surface area contributed by atoms with Gasteiger partial charge in [-0.1, -0.05) is 25.4 Å². The van der Waals surface area contributed by atoms with Crippen molar-refractivity contribution in [2.45, 2.75) is 66.1 Å². The lowest BCUT2D eigenvalue weighted by Gasteiger charge is -2.40. The zero-order valence-corrected chi connectivity index (χ0v) is 20.7. The number of hydrogen-bond donors (Lipinski definition) is 0. The lowest BCUT2D eigenvalue weighted by atomic mass is 9.82. The van der Waals surface area contributed by atoms with Crippen LogP contribution in [0, 0.1) is 5.41 Å². The number of piperidine rings is 1. The first-order valence-electron chi connectivity index (χ1n) is 9.92. The lowest BCUT2D eigenvalue weighted by Crippen LogP contribution is -2.39. The highest BCUT2D eigenvalue weighted by Gasteiger charge is 2.37. The molecule has 1 fully saturated rings. The van der Waals surface area contributed by atoms with Crippen molar-refractivity contribution in [3.63, 3.8) is 0 Å². The minimum Gasteiger partial charge on any atom is -0.480 e. The maximum Gasteiger partial charge on any atom is 0.340 e. The van der Waals surface area contributed by atoms with E-state index in [4.69, 9.17) is 25.8 Å². The highest BCUT2D eigenvalue weighted by molar-refractivity contribution is 9.10. The molecule has 1 saturated heterocycles. The van der Waals surface area contributed by atoms with Crippen molar-refractivity contribution in [2.24, 2.45) is 5.41 Å². The Balaban J connectivity index is 2.64. The van der Waals surface area contributed by atoms with Gasteiger partial charge in [0, 0.05) is 13.1 Å². The van der Waals surface area contributed by atoms with E-state index in [0.29, 0.717) is 15.9 Å². The zero-order chi connectivity index (χ0) is 22.0. The normalized spacial score (nSPS) is 17.8. The van der Waals surface area contributed by atoms with E-state index >= 15 is 0 Å². The van der Waals surface area contributed by atoms with Gasteiger partial charge in [-0.25, -0.2) is 9.78 Å².